The molecule has 0 bridgehead atoms. The lowest BCUT2D eigenvalue weighted by molar-refractivity contribution is -0.136. The number of nitrogens with zero attached hydrogens (tertiary/aromatic N) is 3. The number of hydrogen-bond donors (Lipinski definition) is 0. The molecule has 0 radical (unpaired) electrons. The maximum absolute atomic E-state index is 13.6. The van der Waals surface area contributed by atoms with E-state index in [2.05, 4.69) is 9.89 Å². The minimum atomic E-state index is -0.609. The third-order valence-corrected chi connectivity index (χ3v) is 6.96. The minimum Gasteiger partial charge on any atom is -0.466 e. The number of furan rings is 1. The van der Waals surface area contributed by atoms with E-state index >= 15 is 0 Å². The van der Waals surface area contributed by atoms with E-state index in [1.807, 2.05) is 49.4 Å². The fraction of sp³-hybridized carbons (Fsp3) is 0.320. The number of hydrogen-bond acceptors (Lipinski definition) is 8. The predicted molar refractivity (Wildman–Crippen MR) is 129 cm³/mol. The Morgan fingerprint density at radius 3 is 2.68 bits per heavy atom. The molecule has 1 aromatic carbocycles. The van der Waals surface area contributed by atoms with Gasteiger partial charge in [0.15, 0.2) is 10.7 Å². The van der Waals surface area contributed by atoms with Gasteiger partial charge in [-0.1, -0.05) is 48.6 Å². The Kier molecular flexibility index (Phi) is 6.21. The molecule has 3 aromatic rings. The van der Waals surface area contributed by atoms with Crippen LogP contribution in [0.5, 0.6) is 0 Å². The first-order valence-electron chi connectivity index (χ1n) is 11.2. The number of thiazole rings is 1. The van der Waals surface area contributed by atoms with E-state index in [9.17, 15) is 9.59 Å². The van der Waals surface area contributed by atoms with Crippen LogP contribution in [0.3, 0.4) is 0 Å². The van der Waals surface area contributed by atoms with Gasteiger partial charge in [0.1, 0.15) is 5.76 Å². The molecule has 1 fully saturated rings. The van der Waals surface area contributed by atoms with Gasteiger partial charge in [-0.15, -0.1) is 0 Å². The number of benzene rings is 1. The van der Waals surface area contributed by atoms with Crippen molar-refractivity contribution in [2.75, 3.05) is 38.3 Å². The molecule has 34 heavy (non-hydrogen) atoms. The third-order valence-electron chi connectivity index (χ3n) is 5.97. The summed E-state index contributed by atoms with van der Waals surface area (Å²) in [5.74, 6) is 0.863. The van der Waals surface area contributed by atoms with Crippen molar-refractivity contribution in [3.63, 3.8) is 0 Å². The van der Waals surface area contributed by atoms with Gasteiger partial charge in [0.25, 0.3) is 5.56 Å². The second-order valence-corrected chi connectivity index (χ2v) is 8.98. The molecular weight excluding hydrogens is 454 g/mol. The number of carbonyl (C=O) groups excluding carboxylic acids is 1. The number of rotatable bonds is 5. The normalized spacial score (nSPS) is 18.6. The summed E-state index contributed by atoms with van der Waals surface area (Å²) in [6.45, 7) is 4.80. The molecule has 5 rings (SSSR count). The van der Waals surface area contributed by atoms with E-state index in [4.69, 9.17) is 13.9 Å². The number of esters is 1. The van der Waals surface area contributed by atoms with Crippen molar-refractivity contribution in [3.8, 4) is 0 Å². The second kappa shape index (κ2) is 9.44. The maximum atomic E-state index is 13.6. The third kappa shape index (κ3) is 4.01. The zero-order chi connectivity index (χ0) is 23.7. The molecule has 176 valence electrons. The van der Waals surface area contributed by atoms with Crippen molar-refractivity contribution < 1.29 is 18.7 Å². The number of ether oxygens (including phenoxy) is 2. The summed E-state index contributed by atoms with van der Waals surface area (Å²) >= 11 is 1.29. The van der Waals surface area contributed by atoms with Crippen molar-refractivity contribution in [1.82, 2.24) is 4.57 Å². The summed E-state index contributed by atoms with van der Waals surface area (Å²) in [4.78, 5) is 33.8. The van der Waals surface area contributed by atoms with E-state index in [0.29, 0.717) is 46.0 Å². The fourth-order valence-corrected chi connectivity index (χ4v) is 5.32. The second-order valence-electron chi connectivity index (χ2n) is 7.97. The molecule has 0 aliphatic carbocycles. The predicted octanol–water partition coefficient (Wildman–Crippen LogP) is 2.23. The first kappa shape index (κ1) is 22.4. The van der Waals surface area contributed by atoms with Crippen LogP contribution in [-0.4, -0.2) is 43.9 Å². The van der Waals surface area contributed by atoms with E-state index < -0.39 is 12.0 Å². The van der Waals surface area contributed by atoms with Gasteiger partial charge in [-0.25, -0.2) is 9.79 Å². The molecule has 8 nitrogen and oxygen atoms in total. The summed E-state index contributed by atoms with van der Waals surface area (Å²) in [5, 5.41) is 0. The van der Waals surface area contributed by atoms with Crippen LogP contribution in [0.25, 0.3) is 6.08 Å². The van der Waals surface area contributed by atoms with Gasteiger partial charge in [0.05, 0.1) is 42.2 Å². The highest BCUT2D eigenvalue weighted by Crippen LogP contribution is 2.31. The van der Waals surface area contributed by atoms with Crippen LogP contribution >= 0.6 is 11.3 Å². The maximum Gasteiger partial charge on any atom is 0.338 e. The van der Waals surface area contributed by atoms with Crippen LogP contribution in [0, 0.1) is 0 Å². The highest BCUT2D eigenvalue weighted by Gasteiger charge is 2.33. The molecule has 0 N–H and O–H groups in total. The van der Waals surface area contributed by atoms with Crippen molar-refractivity contribution >= 4 is 29.3 Å². The Balaban J connectivity index is 1.63. The minimum absolute atomic E-state index is 0.224. The number of morpholine rings is 1. The highest BCUT2D eigenvalue weighted by atomic mass is 32.1. The van der Waals surface area contributed by atoms with Crippen LogP contribution in [0.4, 0.5) is 5.88 Å². The standard InChI is InChI=1S/C25H25N3O5S/c1-3-18-21(24(30)31-2)22(16-7-5-4-6-8-16)28-23(29)19(34-25(28)26-18)15-17-9-10-20(33-17)27-11-13-32-14-12-27/h4-10,15,22H,3,11-14H2,1-2H3/b19-15-/t22-/m0/s1. The van der Waals surface area contributed by atoms with E-state index in [1.165, 1.54) is 18.4 Å². The monoisotopic (exact) mass is 479 g/mol. The van der Waals surface area contributed by atoms with E-state index in [-0.39, 0.29) is 5.56 Å². The number of fused-ring (bicyclic) bond motifs is 1. The lowest BCUT2D eigenvalue weighted by Gasteiger charge is -2.26. The van der Waals surface area contributed by atoms with Crippen molar-refractivity contribution in [2.45, 2.75) is 19.4 Å². The molecule has 0 unspecified atom stereocenters. The number of carbonyl (C=O) groups is 1. The average Bonchev–Trinajstić information content (AvgIpc) is 3.48. The zero-order valence-corrected chi connectivity index (χ0v) is 19.8. The highest BCUT2D eigenvalue weighted by molar-refractivity contribution is 7.07. The largest absolute Gasteiger partial charge is 0.466 e. The van der Waals surface area contributed by atoms with E-state index in [0.717, 1.165) is 24.5 Å². The number of methoxy groups -OCH3 is 1. The first-order valence-corrected chi connectivity index (χ1v) is 12.0. The molecular formula is C25H25N3O5S. The van der Waals surface area contributed by atoms with Crippen LogP contribution in [0.2, 0.25) is 0 Å². The molecule has 9 heteroatoms. The van der Waals surface area contributed by atoms with Crippen LogP contribution in [0.1, 0.15) is 30.7 Å². The summed E-state index contributed by atoms with van der Waals surface area (Å²) in [6.07, 6.45) is 2.28. The fourth-order valence-electron chi connectivity index (χ4n) is 4.32. The molecule has 2 aromatic heterocycles. The number of aromatic nitrogens is 1. The summed E-state index contributed by atoms with van der Waals surface area (Å²) in [7, 11) is 1.35. The van der Waals surface area contributed by atoms with Crippen molar-refractivity contribution in [2.24, 2.45) is 4.99 Å². The van der Waals surface area contributed by atoms with Gasteiger partial charge in [-0.05, 0) is 18.1 Å². The summed E-state index contributed by atoms with van der Waals surface area (Å²) in [6, 6.07) is 12.7. The van der Waals surface area contributed by atoms with Gasteiger partial charge in [0.2, 0.25) is 0 Å². The summed E-state index contributed by atoms with van der Waals surface area (Å²) in [5.41, 5.74) is 1.62. The van der Waals surface area contributed by atoms with Crippen molar-refractivity contribution in [1.29, 1.82) is 0 Å². The zero-order valence-electron chi connectivity index (χ0n) is 19.0. The van der Waals surface area contributed by atoms with E-state index in [1.54, 1.807) is 10.6 Å². The van der Waals surface area contributed by atoms with Gasteiger partial charge in [-0.3, -0.25) is 9.36 Å². The Morgan fingerprint density at radius 2 is 1.97 bits per heavy atom. The van der Waals surface area contributed by atoms with Crippen molar-refractivity contribution in [3.05, 3.63) is 84.7 Å². The van der Waals surface area contributed by atoms with Gasteiger partial charge in [-0.2, -0.15) is 0 Å². The molecule has 1 saturated heterocycles. The van der Waals surface area contributed by atoms with Gasteiger partial charge >= 0.3 is 5.97 Å². The molecule has 0 amide bonds. The van der Waals surface area contributed by atoms with Gasteiger partial charge < -0.3 is 18.8 Å². The van der Waals surface area contributed by atoms with Gasteiger partial charge in [0, 0.05) is 25.2 Å². The number of anilines is 1. The Labute approximate surface area is 200 Å². The smallest absolute Gasteiger partial charge is 0.338 e. The molecule has 4 heterocycles. The van der Waals surface area contributed by atoms with Crippen LogP contribution in [0.15, 0.2) is 67.9 Å². The summed E-state index contributed by atoms with van der Waals surface area (Å²) < 4.78 is 18.6. The lowest BCUT2D eigenvalue weighted by Crippen LogP contribution is -2.40. The Hall–Kier alpha value is -3.43. The molecule has 0 saturated carbocycles. The molecule has 2 aliphatic heterocycles. The molecule has 2 aliphatic rings. The quantitative estimate of drug-likeness (QED) is 0.522. The number of allylic oxidation sites excluding steroid dienone is 1. The van der Waals surface area contributed by atoms with Crippen LogP contribution in [-0.2, 0) is 14.3 Å². The Bertz CT molecular complexity index is 1410. The first-order chi connectivity index (χ1) is 16.6. The SMILES string of the molecule is CCC1=C(C(=O)OC)[C@H](c2ccccc2)n2c(s/c(=C\c3ccc(N4CCOCC4)o3)c2=O)=N1. The average molecular weight is 480 g/mol. The van der Waals surface area contributed by atoms with Crippen LogP contribution < -0.4 is 19.8 Å². The molecule has 1 atom stereocenters. The molecule has 0 spiro atoms. The topological polar surface area (TPSA) is 86.3 Å². The lowest BCUT2D eigenvalue weighted by atomic mass is 9.95. The Morgan fingerprint density at radius 1 is 1.21 bits per heavy atom.